The topological polar surface area (TPSA) is 73.8 Å². The van der Waals surface area contributed by atoms with Gasteiger partial charge in [0.1, 0.15) is 0 Å². The summed E-state index contributed by atoms with van der Waals surface area (Å²) in [6.45, 7) is 1.79. The first kappa shape index (κ1) is 19.8. The first-order valence-corrected chi connectivity index (χ1v) is 11.1. The SMILES string of the molecule is CN=C(NCCCN1C(=O)C2C3C=CC(C3)C2C1=O)NCc1cccc2ccccc12. The second kappa shape index (κ2) is 8.17. The molecule has 1 heterocycles. The second-order valence-electron chi connectivity index (χ2n) is 8.67. The largest absolute Gasteiger partial charge is 0.356 e. The minimum atomic E-state index is -0.106. The highest BCUT2D eigenvalue weighted by atomic mass is 16.2. The van der Waals surface area contributed by atoms with E-state index < -0.39 is 0 Å². The number of nitrogens with zero attached hydrogens (tertiary/aromatic N) is 2. The zero-order valence-corrected chi connectivity index (χ0v) is 17.8. The summed E-state index contributed by atoms with van der Waals surface area (Å²) in [5.41, 5.74) is 1.21. The third-order valence-electron chi connectivity index (χ3n) is 6.96. The number of amides is 2. The Hall–Kier alpha value is -3.15. The van der Waals surface area contributed by atoms with Crippen molar-refractivity contribution < 1.29 is 9.59 Å². The summed E-state index contributed by atoms with van der Waals surface area (Å²) in [7, 11) is 1.75. The molecule has 31 heavy (non-hydrogen) atoms. The standard InChI is InChI=1S/C25H28N4O2/c1-26-25(28-15-19-8-4-7-16-6-2-3-9-20(16)19)27-12-5-13-29-23(30)21-17-10-11-18(14-17)22(21)24(29)31/h2-4,6-11,17-18,21-22H,5,12-15H2,1H3,(H2,26,27,28). The van der Waals surface area contributed by atoms with Crippen LogP contribution < -0.4 is 10.6 Å². The highest BCUT2D eigenvalue weighted by molar-refractivity contribution is 6.06. The van der Waals surface area contributed by atoms with Crippen LogP contribution in [0.4, 0.5) is 0 Å². The quantitative estimate of drug-likeness (QED) is 0.250. The van der Waals surface area contributed by atoms with Gasteiger partial charge in [0.2, 0.25) is 11.8 Å². The van der Waals surface area contributed by atoms with Crippen LogP contribution in [-0.2, 0) is 16.1 Å². The van der Waals surface area contributed by atoms with E-state index in [9.17, 15) is 9.59 Å². The number of carbonyl (C=O) groups is 2. The molecule has 3 aliphatic rings. The number of likely N-dealkylation sites (tertiary alicyclic amines) is 1. The number of aliphatic imine (C=N–C) groups is 1. The summed E-state index contributed by atoms with van der Waals surface area (Å²) in [5.74, 6) is 1.11. The van der Waals surface area contributed by atoms with Gasteiger partial charge in [-0.1, -0.05) is 54.6 Å². The van der Waals surface area contributed by atoms with Crippen LogP contribution >= 0.6 is 0 Å². The Kier molecular flexibility index (Phi) is 5.22. The summed E-state index contributed by atoms with van der Waals surface area (Å²) >= 11 is 0. The Labute approximate surface area is 182 Å². The molecule has 2 fully saturated rings. The van der Waals surface area contributed by atoms with Gasteiger partial charge in [0, 0.05) is 26.7 Å². The minimum Gasteiger partial charge on any atom is -0.356 e. The van der Waals surface area contributed by atoms with E-state index in [2.05, 4.69) is 64.2 Å². The number of hydrogen-bond donors (Lipinski definition) is 2. The molecule has 0 spiro atoms. The third kappa shape index (κ3) is 3.50. The van der Waals surface area contributed by atoms with E-state index in [4.69, 9.17) is 0 Å². The van der Waals surface area contributed by atoms with Crippen molar-refractivity contribution in [2.75, 3.05) is 20.1 Å². The summed E-state index contributed by atoms with van der Waals surface area (Å²) in [6, 6.07) is 14.6. The molecule has 0 radical (unpaired) electrons. The van der Waals surface area contributed by atoms with Gasteiger partial charge in [0.05, 0.1) is 11.8 Å². The second-order valence-corrected chi connectivity index (χ2v) is 8.67. The highest BCUT2D eigenvalue weighted by Gasteiger charge is 2.58. The molecule has 1 saturated carbocycles. The third-order valence-corrected chi connectivity index (χ3v) is 6.96. The molecule has 5 rings (SSSR count). The summed E-state index contributed by atoms with van der Waals surface area (Å²) in [4.78, 5) is 31.3. The maximum Gasteiger partial charge on any atom is 0.233 e. The molecular weight excluding hydrogens is 388 g/mol. The average Bonchev–Trinajstić information content (AvgIpc) is 3.48. The maximum absolute atomic E-state index is 12.8. The van der Waals surface area contributed by atoms with E-state index >= 15 is 0 Å². The van der Waals surface area contributed by atoms with Crippen molar-refractivity contribution in [3.8, 4) is 0 Å². The fourth-order valence-electron chi connectivity index (χ4n) is 5.47. The molecule has 2 amide bonds. The van der Waals surface area contributed by atoms with E-state index in [1.54, 1.807) is 7.05 Å². The molecule has 6 nitrogen and oxygen atoms in total. The van der Waals surface area contributed by atoms with E-state index in [0.29, 0.717) is 32.0 Å². The van der Waals surface area contributed by atoms with Crippen molar-refractivity contribution in [3.05, 3.63) is 60.2 Å². The molecule has 0 aromatic heterocycles. The predicted molar refractivity (Wildman–Crippen MR) is 121 cm³/mol. The number of imide groups is 1. The molecule has 2 aromatic carbocycles. The lowest BCUT2D eigenvalue weighted by molar-refractivity contribution is -0.140. The van der Waals surface area contributed by atoms with Crippen LogP contribution in [0.25, 0.3) is 10.8 Å². The number of guanidine groups is 1. The molecule has 2 bridgehead atoms. The van der Waals surface area contributed by atoms with Crippen molar-refractivity contribution >= 4 is 28.5 Å². The van der Waals surface area contributed by atoms with Crippen LogP contribution in [0.3, 0.4) is 0 Å². The van der Waals surface area contributed by atoms with E-state index in [-0.39, 0.29) is 35.5 Å². The molecule has 2 aliphatic carbocycles. The van der Waals surface area contributed by atoms with Crippen LogP contribution in [0.1, 0.15) is 18.4 Å². The van der Waals surface area contributed by atoms with Crippen molar-refractivity contribution in [2.24, 2.45) is 28.7 Å². The number of hydrogen-bond acceptors (Lipinski definition) is 3. The van der Waals surface area contributed by atoms with Crippen molar-refractivity contribution in [1.82, 2.24) is 15.5 Å². The summed E-state index contributed by atoms with van der Waals surface area (Å²) in [5, 5.41) is 9.11. The first-order valence-electron chi connectivity index (χ1n) is 11.1. The van der Waals surface area contributed by atoms with Crippen LogP contribution in [0.15, 0.2) is 59.6 Å². The molecule has 1 saturated heterocycles. The van der Waals surface area contributed by atoms with Crippen LogP contribution in [0.5, 0.6) is 0 Å². The van der Waals surface area contributed by atoms with Gasteiger partial charge in [-0.25, -0.2) is 0 Å². The van der Waals surface area contributed by atoms with Gasteiger partial charge in [0.15, 0.2) is 5.96 Å². The number of carbonyl (C=O) groups excluding carboxylic acids is 2. The number of fused-ring (bicyclic) bond motifs is 6. The number of allylic oxidation sites excluding steroid dienone is 2. The zero-order chi connectivity index (χ0) is 21.4. The number of nitrogens with one attached hydrogen (secondary N) is 2. The zero-order valence-electron chi connectivity index (χ0n) is 17.8. The van der Waals surface area contributed by atoms with Gasteiger partial charge in [-0.2, -0.15) is 0 Å². The van der Waals surface area contributed by atoms with Crippen molar-refractivity contribution in [1.29, 1.82) is 0 Å². The van der Waals surface area contributed by atoms with Gasteiger partial charge in [-0.05, 0) is 41.0 Å². The molecular formula is C25H28N4O2. The smallest absolute Gasteiger partial charge is 0.233 e. The molecule has 6 heteroatoms. The van der Waals surface area contributed by atoms with Crippen molar-refractivity contribution in [3.63, 3.8) is 0 Å². The monoisotopic (exact) mass is 416 g/mol. The van der Waals surface area contributed by atoms with Crippen molar-refractivity contribution in [2.45, 2.75) is 19.4 Å². The molecule has 1 aliphatic heterocycles. The molecule has 2 N–H and O–H groups in total. The van der Waals surface area contributed by atoms with E-state index in [1.807, 2.05) is 6.07 Å². The van der Waals surface area contributed by atoms with Crippen LogP contribution in [0, 0.1) is 23.7 Å². The lowest BCUT2D eigenvalue weighted by Gasteiger charge is -2.18. The molecule has 4 atom stereocenters. The minimum absolute atomic E-state index is 0.0327. The van der Waals surface area contributed by atoms with Gasteiger partial charge in [-0.3, -0.25) is 19.5 Å². The lowest BCUT2D eigenvalue weighted by atomic mass is 9.85. The van der Waals surface area contributed by atoms with Crippen LogP contribution in [-0.4, -0.2) is 42.8 Å². The molecule has 2 aromatic rings. The summed E-state index contributed by atoms with van der Waals surface area (Å²) < 4.78 is 0. The number of rotatable bonds is 6. The van der Waals surface area contributed by atoms with E-state index in [0.717, 1.165) is 6.42 Å². The Bertz CT molecular complexity index is 1040. The van der Waals surface area contributed by atoms with E-state index in [1.165, 1.54) is 21.2 Å². The van der Waals surface area contributed by atoms with Gasteiger partial charge in [-0.15, -0.1) is 0 Å². The van der Waals surface area contributed by atoms with Gasteiger partial charge in [0.25, 0.3) is 0 Å². The lowest BCUT2D eigenvalue weighted by Crippen LogP contribution is -2.39. The Balaban J connectivity index is 1.11. The summed E-state index contributed by atoms with van der Waals surface area (Å²) in [6.07, 6.45) is 5.94. The fraction of sp³-hybridized carbons (Fsp3) is 0.400. The first-order chi connectivity index (χ1) is 15.2. The predicted octanol–water partition coefficient (Wildman–Crippen LogP) is 2.70. The number of benzene rings is 2. The molecule has 4 unspecified atom stereocenters. The normalized spacial score (nSPS) is 26.7. The Morgan fingerprint density at radius 3 is 2.45 bits per heavy atom. The average molecular weight is 417 g/mol. The highest BCUT2D eigenvalue weighted by Crippen LogP contribution is 2.52. The van der Waals surface area contributed by atoms with Crippen LogP contribution in [0.2, 0.25) is 0 Å². The molecule has 160 valence electrons. The van der Waals surface area contributed by atoms with Gasteiger partial charge < -0.3 is 10.6 Å². The van der Waals surface area contributed by atoms with Gasteiger partial charge >= 0.3 is 0 Å². The Morgan fingerprint density at radius 2 is 1.71 bits per heavy atom. The maximum atomic E-state index is 12.8. The fourth-order valence-corrected chi connectivity index (χ4v) is 5.47. The Morgan fingerprint density at radius 1 is 1.00 bits per heavy atom.